The molecule has 0 fully saturated rings. The van der Waals surface area contributed by atoms with Gasteiger partial charge in [0.25, 0.3) is 5.89 Å². The fraction of sp³-hybridized carbons (Fsp3) is 0.375. The summed E-state index contributed by atoms with van der Waals surface area (Å²) in [5, 5.41) is 6.42. The third kappa shape index (κ3) is 4.06. The molecule has 0 aliphatic rings. The van der Waals surface area contributed by atoms with Crippen molar-refractivity contribution in [3.05, 3.63) is 24.0 Å². The van der Waals surface area contributed by atoms with E-state index in [9.17, 15) is 4.79 Å². The molecule has 3 aromatic heterocycles. The molecule has 0 saturated carbocycles. The molecule has 3 heterocycles. The number of pyridine rings is 1. The summed E-state index contributed by atoms with van der Waals surface area (Å²) in [6.45, 7) is 5.47. The average molecular weight is 345 g/mol. The summed E-state index contributed by atoms with van der Waals surface area (Å²) < 4.78 is 15.5. The topological polar surface area (TPSA) is 115 Å². The van der Waals surface area contributed by atoms with Crippen LogP contribution in [0.5, 0.6) is 5.88 Å². The molecule has 1 amide bonds. The predicted molar refractivity (Wildman–Crippen MR) is 89.0 cm³/mol. The molecule has 0 unspecified atom stereocenters. The number of carbonyl (C=O) groups is 1. The Morgan fingerprint density at radius 2 is 2.12 bits per heavy atom. The van der Waals surface area contributed by atoms with E-state index in [1.54, 1.807) is 40.0 Å². The Kier molecular flexibility index (Phi) is 4.30. The van der Waals surface area contributed by atoms with Crippen LogP contribution in [0, 0.1) is 0 Å². The molecule has 0 aromatic carbocycles. The highest BCUT2D eigenvalue weighted by atomic mass is 16.6. The molecule has 3 aromatic rings. The van der Waals surface area contributed by atoms with E-state index in [1.807, 2.05) is 6.07 Å². The van der Waals surface area contributed by atoms with Gasteiger partial charge in [-0.3, -0.25) is 0 Å². The van der Waals surface area contributed by atoms with Crippen molar-refractivity contribution in [1.29, 1.82) is 0 Å². The van der Waals surface area contributed by atoms with E-state index in [-0.39, 0.29) is 6.54 Å². The summed E-state index contributed by atoms with van der Waals surface area (Å²) in [6, 6.07) is 5.40. The van der Waals surface area contributed by atoms with Crippen LogP contribution >= 0.6 is 0 Å². The van der Waals surface area contributed by atoms with Crippen LogP contribution in [-0.4, -0.2) is 38.9 Å². The molecular weight excluding hydrogens is 326 g/mol. The summed E-state index contributed by atoms with van der Waals surface area (Å²) in [4.78, 5) is 23.4. The first kappa shape index (κ1) is 16.7. The van der Waals surface area contributed by atoms with Crippen molar-refractivity contribution in [2.75, 3.05) is 7.11 Å². The second-order valence-electron chi connectivity index (χ2n) is 6.34. The van der Waals surface area contributed by atoms with Crippen molar-refractivity contribution in [2.45, 2.75) is 32.9 Å². The lowest BCUT2D eigenvalue weighted by Crippen LogP contribution is -2.32. The smallest absolute Gasteiger partial charge is 0.408 e. The number of H-pyrrole nitrogens is 1. The summed E-state index contributed by atoms with van der Waals surface area (Å²) >= 11 is 0. The second-order valence-corrected chi connectivity index (χ2v) is 6.34. The number of hydrogen-bond donors (Lipinski definition) is 2. The van der Waals surface area contributed by atoms with Gasteiger partial charge < -0.3 is 24.3 Å². The number of amides is 1. The number of fused-ring (bicyclic) bond motifs is 1. The highest BCUT2D eigenvalue weighted by molar-refractivity contribution is 5.81. The zero-order valence-electron chi connectivity index (χ0n) is 14.4. The van der Waals surface area contributed by atoms with Gasteiger partial charge in [-0.15, -0.1) is 0 Å². The molecule has 2 N–H and O–H groups in total. The summed E-state index contributed by atoms with van der Waals surface area (Å²) in [6.07, 6.45) is -0.541. The predicted octanol–water partition coefficient (Wildman–Crippen LogP) is 2.65. The molecule has 0 saturated heterocycles. The Morgan fingerprint density at radius 3 is 2.84 bits per heavy atom. The van der Waals surface area contributed by atoms with Crippen LogP contribution in [0.1, 0.15) is 26.6 Å². The van der Waals surface area contributed by atoms with Gasteiger partial charge in [-0.25, -0.2) is 9.78 Å². The van der Waals surface area contributed by atoms with Crippen molar-refractivity contribution in [3.8, 4) is 17.5 Å². The highest BCUT2D eigenvalue weighted by Crippen LogP contribution is 2.23. The third-order valence-electron chi connectivity index (χ3n) is 3.15. The van der Waals surface area contributed by atoms with Gasteiger partial charge in [-0.05, 0) is 32.9 Å². The van der Waals surface area contributed by atoms with Gasteiger partial charge in [0.05, 0.1) is 24.7 Å². The SMILES string of the molecule is COc1ccc2[nH]c(-c3nc(CNC(=O)OC(C)(C)C)no3)cc2n1. The van der Waals surface area contributed by atoms with Gasteiger partial charge in [0, 0.05) is 6.07 Å². The van der Waals surface area contributed by atoms with E-state index >= 15 is 0 Å². The number of methoxy groups -OCH3 is 1. The van der Waals surface area contributed by atoms with Crippen LogP contribution in [0.3, 0.4) is 0 Å². The number of nitrogens with zero attached hydrogens (tertiary/aromatic N) is 3. The van der Waals surface area contributed by atoms with Crippen LogP contribution in [-0.2, 0) is 11.3 Å². The van der Waals surface area contributed by atoms with Crippen molar-refractivity contribution >= 4 is 17.1 Å². The molecule has 9 nitrogen and oxygen atoms in total. The average Bonchev–Trinajstić information content (AvgIpc) is 3.16. The minimum atomic E-state index is -0.565. The molecule has 0 aliphatic carbocycles. The zero-order chi connectivity index (χ0) is 18.0. The van der Waals surface area contributed by atoms with E-state index in [1.165, 1.54) is 0 Å². The normalized spacial score (nSPS) is 11.5. The molecule has 0 aliphatic heterocycles. The van der Waals surface area contributed by atoms with Crippen LogP contribution in [0.15, 0.2) is 22.7 Å². The maximum atomic E-state index is 11.6. The molecule has 25 heavy (non-hydrogen) atoms. The number of aromatic amines is 1. The van der Waals surface area contributed by atoms with E-state index < -0.39 is 11.7 Å². The molecule has 132 valence electrons. The first-order valence-corrected chi connectivity index (χ1v) is 7.67. The van der Waals surface area contributed by atoms with Gasteiger partial charge in [0.1, 0.15) is 11.3 Å². The van der Waals surface area contributed by atoms with E-state index in [4.69, 9.17) is 14.0 Å². The Hall–Kier alpha value is -3.10. The lowest BCUT2D eigenvalue weighted by molar-refractivity contribution is 0.0522. The zero-order valence-corrected chi connectivity index (χ0v) is 14.4. The van der Waals surface area contributed by atoms with E-state index in [0.29, 0.717) is 23.3 Å². The fourth-order valence-electron chi connectivity index (χ4n) is 2.12. The van der Waals surface area contributed by atoms with E-state index in [2.05, 4.69) is 25.4 Å². The number of carbonyl (C=O) groups excluding carboxylic acids is 1. The number of ether oxygens (including phenoxy) is 2. The number of hydrogen-bond acceptors (Lipinski definition) is 7. The number of alkyl carbamates (subject to hydrolysis) is 1. The fourth-order valence-corrected chi connectivity index (χ4v) is 2.12. The first-order chi connectivity index (χ1) is 11.8. The second kappa shape index (κ2) is 6.42. The number of nitrogens with one attached hydrogen (secondary N) is 2. The minimum Gasteiger partial charge on any atom is -0.481 e. The van der Waals surface area contributed by atoms with Gasteiger partial charge in [-0.1, -0.05) is 5.16 Å². The first-order valence-electron chi connectivity index (χ1n) is 7.67. The van der Waals surface area contributed by atoms with Crippen molar-refractivity contribution < 1.29 is 18.8 Å². The Balaban J connectivity index is 1.70. The maximum absolute atomic E-state index is 11.6. The van der Waals surface area contributed by atoms with Crippen molar-refractivity contribution in [3.63, 3.8) is 0 Å². The molecule has 0 radical (unpaired) electrons. The maximum Gasteiger partial charge on any atom is 0.408 e. The van der Waals surface area contributed by atoms with Gasteiger partial charge >= 0.3 is 6.09 Å². The molecule has 9 heteroatoms. The summed E-state index contributed by atoms with van der Waals surface area (Å²) in [7, 11) is 1.56. The quantitative estimate of drug-likeness (QED) is 0.747. The third-order valence-corrected chi connectivity index (χ3v) is 3.15. The van der Waals surface area contributed by atoms with Crippen molar-refractivity contribution in [1.82, 2.24) is 25.4 Å². The van der Waals surface area contributed by atoms with Gasteiger partial charge in [0.15, 0.2) is 5.82 Å². The Bertz CT molecular complexity index is 893. The van der Waals surface area contributed by atoms with Gasteiger partial charge in [0.2, 0.25) is 5.88 Å². The van der Waals surface area contributed by atoms with Crippen molar-refractivity contribution in [2.24, 2.45) is 0 Å². The molecule has 0 spiro atoms. The molecule has 3 rings (SSSR count). The summed E-state index contributed by atoms with van der Waals surface area (Å²) in [5.74, 6) is 1.16. The summed E-state index contributed by atoms with van der Waals surface area (Å²) in [5.41, 5.74) is 1.61. The largest absolute Gasteiger partial charge is 0.481 e. The Morgan fingerprint density at radius 1 is 1.32 bits per heavy atom. The standard InChI is InChI=1S/C16H19N5O4/c1-16(2,3)24-15(22)17-8-12-20-14(25-21-12)11-7-10-9(18-11)5-6-13(19-10)23-4/h5-7,18H,8H2,1-4H3,(H,17,22). The lowest BCUT2D eigenvalue weighted by Gasteiger charge is -2.19. The van der Waals surface area contributed by atoms with E-state index in [0.717, 1.165) is 11.0 Å². The monoisotopic (exact) mass is 345 g/mol. The molecule has 0 atom stereocenters. The molecule has 0 bridgehead atoms. The number of aromatic nitrogens is 4. The number of rotatable bonds is 4. The van der Waals surface area contributed by atoms with Crippen LogP contribution in [0.25, 0.3) is 22.6 Å². The van der Waals surface area contributed by atoms with Crippen LogP contribution < -0.4 is 10.1 Å². The van der Waals surface area contributed by atoms with Crippen LogP contribution in [0.4, 0.5) is 4.79 Å². The van der Waals surface area contributed by atoms with Crippen LogP contribution in [0.2, 0.25) is 0 Å². The Labute approximate surface area is 143 Å². The minimum absolute atomic E-state index is 0.102. The molecular formula is C16H19N5O4. The highest BCUT2D eigenvalue weighted by Gasteiger charge is 2.17. The lowest BCUT2D eigenvalue weighted by atomic mass is 10.2. The van der Waals surface area contributed by atoms with Gasteiger partial charge in [-0.2, -0.15) is 4.98 Å².